The van der Waals surface area contributed by atoms with Crippen LogP contribution in [0.3, 0.4) is 0 Å². The fraction of sp³-hybridized carbons (Fsp3) is 0.769. The quantitative estimate of drug-likeness (QED) is 0.197. The Morgan fingerprint density at radius 2 is 1.00 bits per heavy atom. The molecule has 4 heteroatoms. The van der Waals surface area contributed by atoms with Gasteiger partial charge in [-0.2, -0.15) is 0 Å². The van der Waals surface area contributed by atoms with Gasteiger partial charge in [0.2, 0.25) is 0 Å². The minimum absolute atomic E-state index is 0.567. The minimum Gasteiger partial charge on any atom is -0.491 e. The van der Waals surface area contributed by atoms with Crippen molar-refractivity contribution in [3.05, 3.63) is 29.8 Å². The molecule has 174 valence electrons. The summed E-state index contributed by atoms with van der Waals surface area (Å²) in [6.45, 7) is 8.98. The summed E-state index contributed by atoms with van der Waals surface area (Å²) in [6.07, 6.45) is 14.2. The first-order valence-corrected chi connectivity index (χ1v) is 12.3. The van der Waals surface area contributed by atoms with Crippen LogP contribution in [-0.2, 0) is 20.6 Å². The zero-order chi connectivity index (χ0) is 21.5. The van der Waals surface area contributed by atoms with Gasteiger partial charge in [-0.3, -0.25) is 0 Å². The maximum atomic E-state index is 5.75. The Balaban J connectivity index is 1.87. The zero-order valence-electron chi connectivity index (χ0n) is 19.7. The van der Waals surface area contributed by atoms with Crippen LogP contribution in [0.1, 0.15) is 83.6 Å². The highest BCUT2D eigenvalue weighted by Gasteiger charge is 1.98. The van der Waals surface area contributed by atoms with Crippen molar-refractivity contribution < 1.29 is 18.9 Å². The Kier molecular flexibility index (Phi) is 19.0. The van der Waals surface area contributed by atoms with Gasteiger partial charge in [0.1, 0.15) is 12.4 Å². The van der Waals surface area contributed by atoms with Gasteiger partial charge < -0.3 is 18.9 Å². The molecule has 0 spiro atoms. The number of ether oxygens (including phenoxy) is 4. The fourth-order valence-corrected chi connectivity index (χ4v) is 3.25. The molecule has 1 rings (SSSR count). The molecule has 0 aliphatic heterocycles. The summed E-state index contributed by atoms with van der Waals surface area (Å²) in [6, 6.07) is 8.50. The lowest BCUT2D eigenvalue weighted by atomic mass is 10.0. The first-order valence-electron chi connectivity index (χ1n) is 12.3. The molecule has 0 radical (unpaired) electrons. The second-order valence-electron chi connectivity index (χ2n) is 7.91. The van der Waals surface area contributed by atoms with E-state index in [2.05, 4.69) is 38.1 Å². The molecular weight excluding hydrogens is 376 g/mol. The summed E-state index contributed by atoms with van der Waals surface area (Å²) >= 11 is 0. The van der Waals surface area contributed by atoms with E-state index in [1.54, 1.807) is 0 Å². The Morgan fingerprint density at radius 3 is 1.63 bits per heavy atom. The first kappa shape index (κ1) is 26.9. The SMILES string of the molecule is CCCCCCCCc1ccc(OCCOCCOCCOCCCCCC)cc1. The third kappa shape index (κ3) is 16.7. The van der Waals surface area contributed by atoms with Gasteiger partial charge in [-0.1, -0.05) is 77.3 Å². The second-order valence-corrected chi connectivity index (χ2v) is 7.91. The van der Waals surface area contributed by atoms with Crippen molar-refractivity contribution in [1.29, 1.82) is 0 Å². The topological polar surface area (TPSA) is 36.9 Å². The monoisotopic (exact) mass is 422 g/mol. The average molecular weight is 423 g/mol. The van der Waals surface area contributed by atoms with Crippen molar-refractivity contribution in [3.63, 3.8) is 0 Å². The molecule has 1 aromatic rings. The highest BCUT2D eigenvalue weighted by molar-refractivity contribution is 5.27. The van der Waals surface area contributed by atoms with Crippen molar-refractivity contribution in [2.75, 3.05) is 46.2 Å². The molecule has 0 N–H and O–H groups in total. The molecule has 0 heterocycles. The average Bonchev–Trinajstić information content (AvgIpc) is 2.77. The van der Waals surface area contributed by atoms with Gasteiger partial charge in [-0.15, -0.1) is 0 Å². The molecule has 0 fully saturated rings. The molecule has 0 aliphatic rings. The molecular formula is C26H46O4. The largest absolute Gasteiger partial charge is 0.491 e. The lowest BCUT2D eigenvalue weighted by Crippen LogP contribution is -2.13. The number of rotatable bonds is 22. The molecule has 4 nitrogen and oxygen atoms in total. The number of aryl methyl sites for hydroxylation is 1. The smallest absolute Gasteiger partial charge is 0.119 e. The van der Waals surface area contributed by atoms with Crippen LogP contribution in [0, 0.1) is 0 Å². The van der Waals surface area contributed by atoms with Gasteiger partial charge in [0.15, 0.2) is 0 Å². The van der Waals surface area contributed by atoms with Gasteiger partial charge in [0, 0.05) is 6.61 Å². The molecule has 0 amide bonds. The highest BCUT2D eigenvalue weighted by Crippen LogP contribution is 2.15. The molecule has 0 atom stereocenters. The Morgan fingerprint density at radius 1 is 0.500 bits per heavy atom. The van der Waals surface area contributed by atoms with Gasteiger partial charge in [-0.25, -0.2) is 0 Å². The number of benzene rings is 1. The number of hydrogen-bond acceptors (Lipinski definition) is 4. The van der Waals surface area contributed by atoms with Crippen molar-refractivity contribution >= 4 is 0 Å². The minimum atomic E-state index is 0.567. The van der Waals surface area contributed by atoms with E-state index < -0.39 is 0 Å². The van der Waals surface area contributed by atoms with Crippen LogP contribution in [0.2, 0.25) is 0 Å². The predicted molar refractivity (Wildman–Crippen MR) is 126 cm³/mol. The predicted octanol–water partition coefficient (Wildman–Crippen LogP) is 6.60. The zero-order valence-corrected chi connectivity index (χ0v) is 19.7. The molecule has 1 aromatic carbocycles. The molecule has 0 saturated carbocycles. The van der Waals surface area contributed by atoms with Crippen LogP contribution in [0.4, 0.5) is 0 Å². The van der Waals surface area contributed by atoms with Crippen LogP contribution in [0.5, 0.6) is 5.75 Å². The van der Waals surface area contributed by atoms with Crippen LogP contribution in [-0.4, -0.2) is 46.2 Å². The molecule has 0 unspecified atom stereocenters. The van der Waals surface area contributed by atoms with Crippen molar-refractivity contribution in [1.82, 2.24) is 0 Å². The van der Waals surface area contributed by atoms with E-state index in [4.69, 9.17) is 18.9 Å². The maximum absolute atomic E-state index is 5.75. The molecule has 30 heavy (non-hydrogen) atoms. The summed E-state index contributed by atoms with van der Waals surface area (Å²) in [7, 11) is 0. The Bertz CT molecular complexity index is 461. The Labute approximate surface area is 185 Å². The molecule has 0 aromatic heterocycles. The lowest BCUT2D eigenvalue weighted by molar-refractivity contribution is 0.00879. The van der Waals surface area contributed by atoms with Crippen molar-refractivity contribution in [2.24, 2.45) is 0 Å². The standard InChI is InChI=1S/C26H46O4/c1-3-5-7-9-10-11-13-25-14-16-26(17-15-25)30-24-23-29-22-21-28-20-19-27-18-12-8-6-4-2/h14-17H,3-13,18-24H2,1-2H3. The van der Waals surface area contributed by atoms with E-state index in [1.165, 1.54) is 69.8 Å². The van der Waals surface area contributed by atoms with E-state index >= 15 is 0 Å². The van der Waals surface area contributed by atoms with E-state index in [9.17, 15) is 0 Å². The number of unbranched alkanes of at least 4 members (excludes halogenated alkanes) is 8. The maximum Gasteiger partial charge on any atom is 0.119 e. The molecule has 0 aliphatic carbocycles. The highest BCUT2D eigenvalue weighted by atomic mass is 16.6. The summed E-state index contributed by atoms with van der Waals surface area (Å²) in [5.74, 6) is 0.914. The van der Waals surface area contributed by atoms with Gasteiger partial charge in [0.05, 0.1) is 33.0 Å². The molecule has 0 bridgehead atoms. The number of hydrogen-bond donors (Lipinski definition) is 0. The summed E-state index contributed by atoms with van der Waals surface area (Å²) in [5, 5.41) is 0. The van der Waals surface area contributed by atoms with Crippen molar-refractivity contribution in [2.45, 2.75) is 84.5 Å². The summed E-state index contributed by atoms with van der Waals surface area (Å²) < 4.78 is 22.3. The van der Waals surface area contributed by atoms with Crippen LogP contribution < -0.4 is 4.74 Å². The fourth-order valence-electron chi connectivity index (χ4n) is 3.25. The Hall–Kier alpha value is -1.10. The van der Waals surface area contributed by atoms with Crippen molar-refractivity contribution in [3.8, 4) is 5.75 Å². The third-order valence-electron chi connectivity index (χ3n) is 5.13. The third-order valence-corrected chi connectivity index (χ3v) is 5.13. The summed E-state index contributed by atoms with van der Waals surface area (Å²) in [5.41, 5.74) is 1.40. The summed E-state index contributed by atoms with van der Waals surface area (Å²) in [4.78, 5) is 0. The lowest BCUT2D eigenvalue weighted by Gasteiger charge is -2.09. The normalized spacial score (nSPS) is 11.1. The molecule has 0 saturated heterocycles. The van der Waals surface area contributed by atoms with E-state index in [-0.39, 0.29) is 0 Å². The second kappa shape index (κ2) is 21.1. The van der Waals surface area contributed by atoms with Crippen LogP contribution in [0.25, 0.3) is 0 Å². The first-order chi connectivity index (χ1) is 14.9. The van der Waals surface area contributed by atoms with E-state index in [1.807, 2.05) is 0 Å². The van der Waals surface area contributed by atoms with Gasteiger partial charge in [0.25, 0.3) is 0 Å². The van der Waals surface area contributed by atoms with Gasteiger partial charge in [-0.05, 0) is 37.0 Å². The van der Waals surface area contributed by atoms with E-state index in [0.717, 1.165) is 18.8 Å². The van der Waals surface area contributed by atoms with E-state index in [0.29, 0.717) is 39.6 Å². The van der Waals surface area contributed by atoms with Gasteiger partial charge >= 0.3 is 0 Å². The van der Waals surface area contributed by atoms with Crippen LogP contribution in [0.15, 0.2) is 24.3 Å². The van der Waals surface area contributed by atoms with Crippen LogP contribution >= 0.6 is 0 Å².